The summed E-state index contributed by atoms with van der Waals surface area (Å²) in [6.07, 6.45) is 8.23. The number of hydrogen-bond donors (Lipinski definition) is 1. The SMILES string of the molecule is N[C@H]1CCCC(n2cnnc2)C1. The molecule has 0 spiro atoms. The smallest absolute Gasteiger partial charge is 0.119 e. The molecule has 1 saturated carbocycles. The van der Waals surface area contributed by atoms with Crippen LogP contribution in [-0.2, 0) is 0 Å². The van der Waals surface area contributed by atoms with Gasteiger partial charge in [-0.1, -0.05) is 0 Å². The zero-order valence-corrected chi connectivity index (χ0v) is 7.06. The van der Waals surface area contributed by atoms with Crippen molar-refractivity contribution in [1.82, 2.24) is 14.8 Å². The van der Waals surface area contributed by atoms with Crippen LogP contribution >= 0.6 is 0 Å². The summed E-state index contributed by atoms with van der Waals surface area (Å²) >= 11 is 0. The van der Waals surface area contributed by atoms with E-state index in [4.69, 9.17) is 5.73 Å². The summed E-state index contributed by atoms with van der Waals surface area (Å²) in [7, 11) is 0. The molecule has 1 aliphatic carbocycles. The molecule has 1 heterocycles. The van der Waals surface area contributed by atoms with Crippen LogP contribution in [0.5, 0.6) is 0 Å². The molecular weight excluding hydrogens is 152 g/mol. The number of nitrogens with two attached hydrogens (primary N) is 1. The second-order valence-electron chi connectivity index (χ2n) is 3.49. The highest BCUT2D eigenvalue weighted by molar-refractivity contribution is 4.81. The first-order chi connectivity index (χ1) is 5.86. The maximum absolute atomic E-state index is 5.88. The quantitative estimate of drug-likeness (QED) is 0.668. The highest BCUT2D eigenvalue weighted by Crippen LogP contribution is 2.26. The van der Waals surface area contributed by atoms with E-state index in [0.717, 1.165) is 6.42 Å². The van der Waals surface area contributed by atoms with Crippen molar-refractivity contribution in [1.29, 1.82) is 0 Å². The van der Waals surface area contributed by atoms with Gasteiger partial charge in [0, 0.05) is 12.1 Å². The highest BCUT2D eigenvalue weighted by atomic mass is 15.2. The minimum atomic E-state index is 0.367. The summed E-state index contributed by atoms with van der Waals surface area (Å²) in [5.41, 5.74) is 5.88. The van der Waals surface area contributed by atoms with Gasteiger partial charge < -0.3 is 10.3 Å². The van der Waals surface area contributed by atoms with Crippen molar-refractivity contribution in [3.63, 3.8) is 0 Å². The Morgan fingerprint density at radius 1 is 1.25 bits per heavy atom. The molecule has 0 saturated heterocycles. The van der Waals surface area contributed by atoms with Crippen LogP contribution < -0.4 is 5.73 Å². The first-order valence-corrected chi connectivity index (χ1v) is 4.46. The van der Waals surface area contributed by atoms with E-state index in [1.807, 2.05) is 0 Å². The molecule has 12 heavy (non-hydrogen) atoms. The van der Waals surface area contributed by atoms with E-state index in [0.29, 0.717) is 12.1 Å². The summed E-state index contributed by atoms with van der Waals surface area (Å²) in [5.74, 6) is 0. The van der Waals surface area contributed by atoms with Gasteiger partial charge in [-0.05, 0) is 25.7 Å². The fraction of sp³-hybridized carbons (Fsp3) is 0.750. The Labute approximate surface area is 71.8 Å². The molecule has 2 atom stereocenters. The fourth-order valence-electron chi connectivity index (χ4n) is 1.87. The summed E-state index contributed by atoms with van der Waals surface area (Å²) in [4.78, 5) is 0. The van der Waals surface area contributed by atoms with Crippen LogP contribution in [0.25, 0.3) is 0 Å². The molecule has 1 aromatic rings. The molecular formula is C8H14N4. The van der Waals surface area contributed by atoms with Crippen LogP contribution in [0.2, 0.25) is 0 Å². The summed E-state index contributed by atoms with van der Waals surface area (Å²) < 4.78 is 2.07. The zero-order valence-electron chi connectivity index (χ0n) is 7.06. The second kappa shape index (κ2) is 3.23. The van der Waals surface area contributed by atoms with E-state index < -0.39 is 0 Å². The standard InChI is InChI=1S/C8H14N4/c9-7-2-1-3-8(4-7)12-5-10-11-6-12/h5-8H,1-4,9H2/t7-,8?/m0/s1. The number of hydrogen-bond acceptors (Lipinski definition) is 3. The lowest BCUT2D eigenvalue weighted by Gasteiger charge is -2.26. The van der Waals surface area contributed by atoms with Crippen molar-refractivity contribution in [3.8, 4) is 0 Å². The normalized spacial score (nSPS) is 30.4. The van der Waals surface area contributed by atoms with Gasteiger partial charge in [0.05, 0.1) is 0 Å². The van der Waals surface area contributed by atoms with Crippen LogP contribution in [0.1, 0.15) is 31.7 Å². The third-order valence-electron chi connectivity index (χ3n) is 2.55. The summed E-state index contributed by atoms with van der Waals surface area (Å²) in [6.45, 7) is 0. The Bertz CT molecular complexity index is 231. The lowest BCUT2D eigenvalue weighted by molar-refractivity contribution is 0.319. The van der Waals surface area contributed by atoms with Crippen molar-refractivity contribution >= 4 is 0 Å². The van der Waals surface area contributed by atoms with Crippen molar-refractivity contribution < 1.29 is 0 Å². The van der Waals surface area contributed by atoms with Gasteiger partial charge in [0.15, 0.2) is 0 Å². The topological polar surface area (TPSA) is 56.7 Å². The van der Waals surface area contributed by atoms with E-state index >= 15 is 0 Å². The second-order valence-corrected chi connectivity index (χ2v) is 3.49. The Hall–Kier alpha value is -0.900. The lowest BCUT2D eigenvalue weighted by Crippen LogP contribution is -2.28. The first kappa shape index (κ1) is 7.73. The Morgan fingerprint density at radius 2 is 2.00 bits per heavy atom. The Balaban J connectivity index is 2.04. The maximum Gasteiger partial charge on any atom is 0.119 e. The number of nitrogens with zero attached hydrogens (tertiary/aromatic N) is 3. The zero-order chi connectivity index (χ0) is 8.39. The molecule has 2 rings (SSSR count). The molecule has 1 aromatic heterocycles. The van der Waals surface area contributed by atoms with Crippen LogP contribution in [0.15, 0.2) is 12.7 Å². The van der Waals surface area contributed by atoms with Crippen LogP contribution in [0, 0.1) is 0 Å². The summed E-state index contributed by atoms with van der Waals surface area (Å²) in [6, 6.07) is 0.898. The maximum atomic E-state index is 5.88. The van der Waals surface area contributed by atoms with Gasteiger partial charge in [-0.2, -0.15) is 0 Å². The van der Waals surface area contributed by atoms with E-state index in [-0.39, 0.29) is 0 Å². The van der Waals surface area contributed by atoms with Gasteiger partial charge in [0.2, 0.25) is 0 Å². The lowest BCUT2D eigenvalue weighted by atomic mass is 9.91. The molecule has 0 bridgehead atoms. The van der Waals surface area contributed by atoms with Crippen molar-refractivity contribution in [2.45, 2.75) is 37.8 Å². The first-order valence-electron chi connectivity index (χ1n) is 4.46. The number of aromatic nitrogens is 3. The third kappa shape index (κ3) is 1.48. The minimum absolute atomic E-state index is 0.367. The van der Waals surface area contributed by atoms with Gasteiger partial charge in [-0.3, -0.25) is 0 Å². The molecule has 1 unspecified atom stereocenters. The average Bonchev–Trinajstić information content (AvgIpc) is 2.56. The molecule has 2 N–H and O–H groups in total. The Kier molecular flexibility index (Phi) is 2.08. The minimum Gasteiger partial charge on any atom is -0.328 e. The average molecular weight is 166 g/mol. The number of rotatable bonds is 1. The highest BCUT2D eigenvalue weighted by Gasteiger charge is 2.19. The molecule has 4 heteroatoms. The van der Waals surface area contributed by atoms with Gasteiger partial charge in [0.1, 0.15) is 12.7 Å². The molecule has 0 radical (unpaired) electrons. The summed E-state index contributed by atoms with van der Waals surface area (Å²) in [5, 5.41) is 7.59. The fourth-order valence-corrected chi connectivity index (χ4v) is 1.87. The molecule has 0 aliphatic heterocycles. The van der Waals surface area contributed by atoms with Gasteiger partial charge in [0.25, 0.3) is 0 Å². The van der Waals surface area contributed by atoms with E-state index in [9.17, 15) is 0 Å². The predicted molar refractivity (Wildman–Crippen MR) is 45.5 cm³/mol. The molecule has 0 aromatic carbocycles. The van der Waals surface area contributed by atoms with Gasteiger partial charge in [-0.15, -0.1) is 10.2 Å². The largest absolute Gasteiger partial charge is 0.328 e. The molecule has 1 fully saturated rings. The third-order valence-corrected chi connectivity index (χ3v) is 2.55. The molecule has 1 aliphatic rings. The van der Waals surface area contributed by atoms with Crippen molar-refractivity contribution in [2.75, 3.05) is 0 Å². The molecule has 4 nitrogen and oxygen atoms in total. The van der Waals surface area contributed by atoms with E-state index in [1.54, 1.807) is 12.7 Å². The van der Waals surface area contributed by atoms with Crippen molar-refractivity contribution in [2.24, 2.45) is 5.73 Å². The Morgan fingerprint density at radius 3 is 2.67 bits per heavy atom. The van der Waals surface area contributed by atoms with Crippen molar-refractivity contribution in [3.05, 3.63) is 12.7 Å². The predicted octanol–water partition coefficient (Wildman–Crippen LogP) is 0.720. The van der Waals surface area contributed by atoms with Gasteiger partial charge >= 0.3 is 0 Å². The monoisotopic (exact) mass is 166 g/mol. The van der Waals surface area contributed by atoms with E-state index in [2.05, 4.69) is 14.8 Å². The van der Waals surface area contributed by atoms with Crippen LogP contribution in [0.3, 0.4) is 0 Å². The van der Waals surface area contributed by atoms with Crippen LogP contribution in [0.4, 0.5) is 0 Å². The van der Waals surface area contributed by atoms with Gasteiger partial charge in [-0.25, -0.2) is 0 Å². The molecule has 0 amide bonds. The van der Waals surface area contributed by atoms with Crippen LogP contribution in [-0.4, -0.2) is 20.8 Å². The van der Waals surface area contributed by atoms with E-state index in [1.165, 1.54) is 19.3 Å². The molecule has 66 valence electrons.